The normalized spacial score (nSPS) is 20.9. The summed E-state index contributed by atoms with van der Waals surface area (Å²) in [5.74, 6) is 0. The van der Waals surface area contributed by atoms with Gasteiger partial charge in [0, 0.05) is 51.7 Å². The number of fused-ring (bicyclic) bond motifs is 1. The van der Waals surface area contributed by atoms with Crippen LogP contribution in [0.3, 0.4) is 0 Å². The van der Waals surface area contributed by atoms with Crippen molar-refractivity contribution < 1.29 is 5.11 Å². The fourth-order valence-corrected chi connectivity index (χ4v) is 3.72. The van der Waals surface area contributed by atoms with Gasteiger partial charge in [0.25, 0.3) is 0 Å². The number of nitrogens with zero attached hydrogens (tertiary/aromatic N) is 4. The number of hydrogen-bond donors (Lipinski definition) is 1. The van der Waals surface area contributed by atoms with Gasteiger partial charge in [-0.25, -0.2) is 0 Å². The van der Waals surface area contributed by atoms with Crippen LogP contribution >= 0.6 is 0 Å². The average Bonchev–Trinajstić information content (AvgIpc) is 3.04. The Morgan fingerprint density at radius 1 is 1.09 bits per heavy atom. The third-order valence-corrected chi connectivity index (χ3v) is 4.98. The van der Waals surface area contributed by atoms with E-state index >= 15 is 0 Å². The molecular formula is C18H24N4O. The van der Waals surface area contributed by atoms with E-state index in [1.165, 1.54) is 11.1 Å². The highest BCUT2D eigenvalue weighted by atomic mass is 16.3. The molecule has 1 fully saturated rings. The molecule has 0 bridgehead atoms. The van der Waals surface area contributed by atoms with E-state index in [1.54, 1.807) is 0 Å². The standard InChI is InChI=1S/C18H24N4O/c23-18(14-21-11-17(12-21)22-8-3-7-19-22)13-20-9-6-15-4-1-2-5-16(15)10-20/h1-5,7-8,17-18,23H,6,9-14H2. The molecule has 4 rings (SSSR count). The number of β-amino-alcohol motifs (C(OH)–C–C–N with tert-alkyl or cyclic N) is 1. The van der Waals surface area contributed by atoms with Crippen LogP contribution in [0, 0.1) is 0 Å². The first kappa shape index (κ1) is 14.9. The first-order chi connectivity index (χ1) is 11.3. The zero-order valence-corrected chi connectivity index (χ0v) is 13.4. The Bertz CT molecular complexity index is 636. The lowest BCUT2D eigenvalue weighted by molar-refractivity contribution is 0.0222. The average molecular weight is 312 g/mol. The van der Waals surface area contributed by atoms with Crippen LogP contribution in [0.4, 0.5) is 0 Å². The fraction of sp³-hybridized carbons (Fsp3) is 0.500. The Morgan fingerprint density at radius 2 is 1.87 bits per heavy atom. The molecule has 0 aliphatic carbocycles. The van der Waals surface area contributed by atoms with Crippen LogP contribution in [0.2, 0.25) is 0 Å². The van der Waals surface area contributed by atoms with Crippen molar-refractivity contribution >= 4 is 0 Å². The van der Waals surface area contributed by atoms with E-state index < -0.39 is 0 Å². The molecule has 0 spiro atoms. The lowest BCUT2D eigenvalue weighted by atomic mass is 9.99. The maximum Gasteiger partial charge on any atom is 0.0793 e. The molecule has 3 heterocycles. The van der Waals surface area contributed by atoms with Gasteiger partial charge in [0.2, 0.25) is 0 Å². The number of rotatable bonds is 5. The van der Waals surface area contributed by atoms with Crippen LogP contribution in [-0.4, -0.2) is 63.5 Å². The SMILES string of the molecule is OC(CN1CCc2ccccc2C1)CN1CC(n2cccn2)C1. The molecule has 1 atom stereocenters. The maximum absolute atomic E-state index is 10.4. The number of benzene rings is 1. The Morgan fingerprint density at radius 3 is 2.65 bits per heavy atom. The van der Waals surface area contributed by atoms with Crippen molar-refractivity contribution in [1.82, 2.24) is 19.6 Å². The second kappa shape index (κ2) is 6.43. The monoisotopic (exact) mass is 312 g/mol. The number of aliphatic hydroxyl groups excluding tert-OH is 1. The van der Waals surface area contributed by atoms with Gasteiger partial charge in [-0.2, -0.15) is 5.10 Å². The fourth-order valence-electron chi connectivity index (χ4n) is 3.72. The van der Waals surface area contributed by atoms with E-state index in [0.717, 1.165) is 45.7 Å². The molecule has 2 aliphatic heterocycles. The van der Waals surface area contributed by atoms with Crippen molar-refractivity contribution in [2.24, 2.45) is 0 Å². The molecule has 122 valence electrons. The molecule has 1 aromatic carbocycles. The third kappa shape index (κ3) is 3.32. The summed E-state index contributed by atoms with van der Waals surface area (Å²) in [4.78, 5) is 4.69. The van der Waals surface area contributed by atoms with Crippen LogP contribution in [0.25, 0.3) is 0 Å². The van der Waals surface area contributed by atoms with Crippen molar-refractivity contribution in [1.29, 1.82) is 0 Å². The molecule has 0 amide bonds. The van der Waals surface area contributed by atoms with Gasteiger partial charge in [0.1, 0.15) is 0 Å². The van der Waals surface area contributed by atoms with Crippen molar-refractivity contribution in [2.45, 2.75) is 25.1 Å². The van der Waals surface area contributed by atoms with Gasteiger partial charge in [0.05, 0.1) is 12.1 Å². The predicted molar refractivity (Wildman–Crippen MR) is 89.1 cm³/mol. The quantitative estimate of drug-likeness (QED) is 0.900. The molecule has 5 nitrogen and oxygen atoms in total. The van der Waals surface area contributed by atoms with Gasteiger partial charge in [-0.05, 0) is 23.6 Å². The van der Waals surface area contributed by atoms with Crippen LogP contribution in [0.5, 0.6) is 0 Å². The molecule has 1 unspecified atom stereocenters. The van der Waals surface area contributed by atoms with Crippen LogP contribution in [0.1, 0.15) is 17.2 Å². The second-order valence-corrected chi connectivity index (χ2v) is 6.77. The van der Waals surface area contributed by atoms with Gasteiger partial charge in [-0.15, -0.1) is 0 Å². The smallest absolute Gasteiger partial charge is 0.0793 e. The van der Waals surface area contributed by atoms with Crippen molar-refractivity contribution in [2.75, 3.05) is 32.7 Å². The minimum Gasteiger partial charge on any atom is -0.390 e. The zero-order valence-electron chi connectivity index (χ0n) is 13.4. The van der Waals surface area contributed by atoms with E-state index in [2.05, 4.69) is 39.2 Å². The topological polar surface area (TPSA) is 44.5 Å². The molecule has 0 saturated carbocycles. The van der Waals surface area contributed by atoms with Gasteiger partial charge in [-0.3, -0.25) is 14.5 Å². The minimum atomic E-state index is -0.279. The summed E-state index contributed by atoms with van der Waals surface area (Å²) in [7, 11) is 0. The molecule has 0 radical (unpaired) electrons. The molecule has 1 N–H and O–H groups in total. The van der Waals surface area contributed by atoms with Gasteiger partial charge in [-0.1, -0.05) is 24.3 Å². The van der Waals surface area contributed by atoms with E-state index in [4.69, 9.17) is 0 Å². The summed E-state index contributed by atoms with van der Waals surface area (Å²) in [5, 5.41) is 14.7. The van der Waals surface area contributed by atoms with Gasteiger partial charge < -0.3 is 5.11 Å². The summed E-state index contributed by atoms with van der Waals surface area (Å²) in [5.41, 5.74) is 2.87. The lowest BCUT2D eigenvalue weighted by Crippen LogP contribution is -2.52. The predicted octanol–water partition coefficient (Wildman–Crippen LogP) is 1.16. The van der Waals surface area contributed by atoms with E-state index in [1.807, 2.05) is 23.1 Å². The minimum absolute atomic E-state index is 0.279. The van der Waals surface area contributed by atoms with Crippen LogP contribution < -0.4 is 0 Å². The molecule has 1 saturated heterocycles. The zero-order chi connectivity index (χ0) is 15.6. The van der Waals surface area contributed by atoms with Crippen LogP contribution in [-0.2, 0) is 13.0 Å². The molecule has 2 aliphatic rings. The first-order valence-electron chi connectivity index (χ1n) is 8.46. The molecule has 23 heavy (non-hydrogen) atoms. The third-order valence-electron chi connectivity index (χ3n) is 4.98. The van der Waals surface area contributed by atoms with Crippen molar-refractivity contribution in [3.8, 4) is 0 Å². The van der Waals surface area contributed by atoms with Gasteiger partial charge in [0.15, 0.2) is 0 Å². The highest BCUT2D eigenvalue weighted by Gasteiger charge is 2.30. The van der Waals surface area contributed by atoms with E-state index in [-0.39, 0.29) is 6.10 Å². The van der Waals surface area contributed by atoms with Crippen LogP contribution in [0.15, 0.2) is 42.7 Å². The molecule has 2 aromatic rings. The largest absolute Gasteiger partial charge is 0.390 e. The number of aromatic nitrogens is 2. The number of likely N-dealkylation sites (tertiary alicyclic amines) is 1. The summed E-state index contributed by atoms with van der Waals surface area (Å²) in [6, 6.07) is 11.1. The van der Waals surface area contributed by atoms with Crippen molar-refractivity contribution in [3.05, 3.63) is 53.9 Å². The molecule has 1 aromatic heterocycles. The van der Waals surface area contributed by atoms with E-state index in [0.29, 0.717) is 6.04 Å². The summed E-state index contributed by atoms with van der Waals surface area (Å²) in [6.07, 6.45) is 4.65. The lowest BCUT2D eigenvalue weighted by Gasteiger charge is -2.41. The number of hydrogen-bond acceptors (Lipinski definition) is 4. The highest BCUT2D eigenvalue weighted by molar-refractivity contribution is 5.29. The summed E-state index contributed by atoms with van der Waals surface area (Å²) < 4.78 is 2.02. The van der Waals surface area contributed by atoms with Gasteiger partial charge >= 0.3 is 0 Å². The Hall–Kier alpha value is -1.69. The Kier molecular flexibility index (Phi) is 4.16. The molecule has 5 heteroatoms. The van der Waals surface area contributed by atoms with Crippen molar-refractivity contribution in [3.63, 3.8) is 0 Å². The summed E-state index contributed by atoms with van der Waals surface area (Å²) in [6.45, 7) is 5.50. The molecular weight excluding hydrogens is 288 g/mol. The maximum atomic E-state index is 10.4. The highest BCUT2D eigenvalue weighted by Crippen LogP contribution is 2.21. The van der Waals surface area contributed by atoms with E-state index in [9.17, 15) is 5.11 Å². The first-order valence-corrected chi connectivity index (χ1v) is 8.46. The Balaban J connectivity index is 1.23. The summed E-state index contributed by atoms with van der Waals surface area (Å²) >= 11 is 0. The second-order valence-electron chi connectivity index (χ2n) is 6.77. The number of aliphatic hydroxyl groups is 1. The Labute approximate surface area is 137 Å².